The van der Waals surface area contributed by atoms with Crippen LogP contribution in [0.3, 0.4) is 0 Å². The van der Waals surface area contributed by atoms with Crippen LogP contribution >= 0.6 is 0 Å². The molecule has 0 bridgehead atoms. The zero-order chi connectivity index (χ0) is 14.0. The Morgan fingerprint density at radius 1 is 1.26 bits per heavy atom. The van der Waals surface area contributed by atoms with Crippen LogP contribution in [0.4, 0.5) is 0 Å². The van der Waals surface area contributed by atoms with Crippen LogP contribution in [0.2, 0.25) is 0 Å². The van der Waals surface area contributed by atoms with Crippen molar-refractivity contribution in [2.24, 2.45) is 5.92 Å². The number of carboxylic acids is 1. The monoisotopic (exact) mass is 291 g/mol. The van der Waals surface area contributed by atoms with E-state index in [0.29, 0.717) is 45.4 Å². The number of nitrogens with zero attached hydrogens (tertiary/aromatic N) is 1. The number of sulfonamides is 1. The molecule has 0 amide bonds. The van der Waals surface area contributed by atoms with E-state index < -0.39 is 21.9 Å². The van der Waals surface area contributed by atoms with Crippen LogP contribution in [-0.2, 0) is 19.6 Å². The fraction of sp³-hybridized carbons (Fsp3) is 0.917. The SMILES string of the molecule is CC1CC(C(=O)O)CCN1S(=O)(=O)C1CCOCC1. The van der Waals surface area contributed by atoms with Gasteiger partial charge in [0.25, 0.3) is 0 Å². The number of aliphatic carboxylic acids is 1. The molecule has 2 aliphatic heterocycles. The molecule has 0 saturated carbocycles. The summed E-state index contributed by atoms with van der Waals surface area (Å²) in [6, 6.07) is -0.234. The van der Waals surface area contributed by atoms with E-state index in [0.717, 1.165) is 0 Å². The van der Waals surface area contributed by atoms with E-state index in [2.05, 4.69) is 0 Å². The van der Waals surface area contributed by atoms with Gasteiger partial charge < -0.3 is 9.84 Å². The van der Waals surface area contributed by atoms with Crippen LogP contribution in [0.15, 0.2) is 0 Å². The Morgan fingerprint density at radius 3 is 2.42 bits per heavy atom. The van der Waals surface area contributed by atoms with Crippen molar-refractivity contribution in [1.29, 1.82) is 0 Å². The van der Waals surface area contributed by atoms with Gasteiger partial charge in [-0.25, -0.2) is 8.42 Å². The molecule has 110 valence electrons. The molecule has 2 fully saturated rings. The minimum Gasteiger partial charge on any atom is -0.481 e. The van der Waals surface area contributed by atoms with Crippen LogP contribution in [0.25, 0.3) is 0 Å². The topological polar surface area (TPSA) is 83.9 Å². The molecule has 6 nitrogen and oxygen atoms in total. The van der Waals surface area contributed by atoms with Crippen LogP contribution in [-0.4, -0.2) is 54.8 Å². The summed E-state index contributed by atoms with van der Waals surface area (Å²) >= 11 is 0. The molecule has 0 radical (unpaired) electrons. The number of carbonyl (C=O) groups is 1. The van der Waals surface area contributed by atoms with Crippen molar-refractivity contribution >= 4 is 16.0 Å². The smallest absolute Gasteiger partial charge is 0.306 e. The lowest BCUT2D eigenvalue weighted by Crippen LogP contribution is -2.50. The predicted octanol–water partition coefficient (Wildman–Crippen LogP) is 0.680. The molecule has 2 saturated heterocycles. The summed E-state index contributed by atoms with van der Waals surface area (Å²) in [6.07, 6.45) is 1.88. The van der Waals surface area contributed by atoms with Gasteiger partial charge >= 0.3 is 5.97 Å². The van der Waals surface area contributed by atoms with Crippen molar-refractivity contribution in [1.82, 2.24) is 4.31 Å². The Labute approximate surface area is 113 Å². The lowest BCUT2D eigenvalue weighted by atomic mass is 9.93. The fourth-order valence-electron chi connectivity index (χ4n) is 2.92. The van der Waals surface area contributed by atoms with Crippen LogP contribution in [0.5, 0.6) is 0 Å². The van der Waals surface area contributed by atoms with Gasteiger partial charge in [0, 0.05) is 25.8 Å². The first-order valence-corrected chi connectivity index (χ1v) is 8.24. The summed E-state index contributed by atoms with van der Waals surface area (Å²) in [5.41, 5.74) is 0. The van der Waals surface area contributed by atoms with Gasteiger partial charge in [0.2, 0.25) is 10.0 Å². The van der Waals surface area contributed by atoms with Crippen molar-refractivity contribution in [3.63, 3.8) is 0 Å². The van der Waals surface area contributed by atoms with E-state index in [1.165, 1.54) is 4.31 Å². The first-order valence-electron chi connectivity index (χ1n) is 6.74. The molecule has 2 heterocycles. The lowest BCUT2D eigenvalue weighted by molar-refractivity contribution is -0.143. The number of rotatable bonds is 3. The molecule has 0 aromatic heterocycles. The molecule has 0 spiro atoms. The first kappa shape index (κ1) is 14.7. The fourth-order valence-corrected chi connectivity index (χ4v) is 5.04. The maximum Gasteiger partial charge on any atom is 0.306 e. The van der Waals surface area contributed by atoms with Crippen molar-refractivity contribution in [2.45, 2.75) is 43.9 Å². The van der Waals surface area contributed by atoms with Crippen LogP contribution in [0.1, 0.15) is 32.6 Å². The first-order chi connectivity index (χ1) is 8.93. The standard InChI is InChI=1S/C12H21NO5S/c1-9-8-10(12(14)15)2-5-13(9)19(16,17)11-3-6-18-7-4-11/h9-11H,2-8H2,1H3,(H,14,15). The molecule has 19 heavy (non-hydrogen) atoms. The summed E-state index contributed by atoms with van der Waals surface area (Å²) < 4.78 is 31.8. The van der Waals surface area contributed by atoms with E-state index in [9.17, 15) is 13.2 Å². The van der Waals surface area contributed by atoms with E-state index in [1.807, 2.05) is 0 Å². The highest BCUT2D eigenvalue weighted by molar-refractivity contribution is 7.89. The molecular weight excluding hydrogens is 270 g/mol. The second-order valence-electron chi connectivity index (χ2n) is 5.38. The molecular formula is C12H21NO5S. The van der Waals surface area contributed by atoms with Gasteiger partial charge in [-0.1, -0.05) is 0 Å². The summed E-state index contributed by atoms with van der Waals surface area (Å²) in [6.45, 7) is 3.09. The minimum atomic E-state index is -3.32. The van der Waals surface area contributed by atoms with Gasteiger partial charge in [-0.05, 0) is 32.6 Å². The number of hydrogen-bond donors (Lipinski definition) is 1. The number of piperidine rings is 1. The Hall–Kier alpha value is -0.660. The highest BCUT2D eigenvalue weighted by atomic mass is 32.2. The van der Waals surface area contributed by atoms with Crippen LogP contribution in [0, 0.1) is 5.92 Å². The van der Waals surface area contributed by atoms with E-state index in [1.54, 1.807) is 6.92 Å². The van der Waals surface area contributed by atoms with E-state index in [-0.39, 0.29) is 11.3 Å². The largest absolute Gasteiger partial charge is 0.481 e. The summed E-state index contributed by atoms with van der Waals surface area (Å²) in [7, 11) is -3.32. The summed E-state index contributed by atoms with van der Waals surface area (Å²) in [5, 5.41) is 8.64. The molecule has 1 N–H and O–H groups in total. The van der Waals surface area contributed by atoms with Gasteiger partial charge in [0.15, 0.2) is 0 Å². The van der Waals surface area contributed by atoms with Gasteiger partial charge in [-0.3, -0.25) is 4.79 Å². The Balaban J connectivity index is 2.07. The van der Waals surface area contributed by atoms with Crippen molar-refractivity contribution in [2.75, 3.05) is 19.8 Å². The van der Waals surface area contributed by atoms with Crippen LogP contribution < -0.4 is 0 Å². The van der Waals surface area contributed by atoms with Gasteiger partial charge in [0.05, 0.1) is 11.2 Å². The number of ether oxygens (including phenoxy) is 1. The second-order valence-corrected chi connectivity index (χ2v) is 7.54. The van der Waals surface area contributed by atoms with Crippen molar-refractivity contribution in [3.8, 4) is 0 Å². The highest BCUT2D eigenvalue weighted by Gasteiger charge is 2.40. The zero-order valence-electron chi connectivity index (χ0n) is 11.1. The van der Waals surface area contributed by atoms with Crippen molar-refractivity contribution < 1.29 is 23.1 Å². The van der Waals surface area contributed by atoms with Gasteiger partial charge in [-0.15, -0.1) is 0 Å². The highest BCUT2D eigenvalue weighted by Crippen LogP contribution is 2.29. The Kier molecular flexibility index (Phi) is 4.47. The maximum atomic E-state index is 12.6. The number of hydrogen-bond acceptors (Lipinski definition) is 4. The average molecular weight is 291 g/mol. The molecule has 2 unspecified atom stereocenters. The third-order valence-corrected chi connectivity index (χ3v) is 6.59. The molecule has 2 atom stereocenters. The zero-order valence-corrected chi connectivity index (χ0v) is 11.9. The molecule has 7 heteroatoms. The molecule has 0 aromatic carbocycles. The Bertz CT molecular complexity index is 429. The normalized spacial score (nSPS) is 31.2. The maximum absolute atomic E-state index is 12.6. The van der Waals surface area contributed by atoms with Gasteiger partial charge in [-0.2, -0.15) is 4.31 Å². The van der Waals surface area contributed by atoms with Crippen molar-refractivity contribution in [3.05, 3.63) is 0 Å². The van der Waals surface area contributed by atoms with Gasteiger partial charge in [0.1, 0.15) is 0 Å². The second kappa shape index (κ2) is 5.76. The molecule has 2 rings (SSSR count). The third-order valence-electron chi connectivity index (χ3n) is 4.08. The Morgan fingerprint density at radius 2 is 1.89 bits per heavy atom. The van der Waals surface area contributed by atoms with E-state index >= 15 is 0 Å². The third kappa shape index (κ3) is 3.09. The molecule has 2 aliphatic rings. The average Bonchev–Trinajstić information content (AvgIpc) is 2.39. The molecule has 0 aromatic rings. The summed E-state index contributed by atoms with van der Waals surface area (Å²) in [5.74, 6) is -1.24. The number of carboxylic acid groups (broad SMARTS) is 1. The minimum absolute atomic E-state index is 0.234. The predicted molar refractivity (Wildman–Crippen MR) is 69.3 cm³/mol. The molecule has 0 aliphatic carbocycles. The quantitative estimate of drug-likeness (QED) is 0.826. The van der Waals surface area contributed by atoms with E-state index in [4.69, 9.17) is 9.84 Å². The summed E-state index contributed by atoms with van der Waals surface area (Å²) in [4.78, 5) is 11.0. The lowest BCUT2D eigenvalue weighted by Gasteiger charge is -2.38.